The zero-order valence-electron chi connectivity index (χ0n) is 11.9. The fourth-order valence-corrected chi connectivity index (χ4v) is 3.50. The Bertz CT molecular complexity index is 442. The molecule has 1 aromatic carbocycles. The molecule has 4 heteroatoms. The van der Waals surface area contributed by atoms with Crippen LogP contribution in [0.3, 0.4) is 0 Å². The monoisotopic (exact) mass is 289 g/mol. The normalized spacial score (nSPS) is 21.8. The molecule has 1 N–H and O–H groups in total. The zero-order chi connectivity index (χ0) is 13.8. The zero-order valence-corrected chi connectivity index (χ0v) is 12.7. The summed E-state index contributed by atoms with van der Waals surface area (Å²) in [4.78, 5) is 4.83. The van der Waals surface area contributed by atoms with Gasteiger partial charge >= 0.3 is 0 Å². The molecular formula is C16H23N3S. The smallest absolute Gasteiger partial charge is 0.171 e. The van der Waals surface area contributed by atoms with Crippen LogP contribution in [-0.4, -0.2) is 34.3 Å². The standard InChI is InChI=1S/C16H23N3S/c20-16-17-12-18(11-14-7-3-1-4-8-14)13-19(16)15-9-5-2-6-10-15/h1,3-4,7-8,15H,2,5-6,9-13H2,(H,17,20). The highest BCUT2D eigenvalue weighted by atomic mass is 32.1. The van der Waals surface area contributed by atoms with E-state index in [1.807, 2.05) is 0 Å². The van der Waals surface area contributed by atoms with Crippen molar-refractivity contribution in [3.63, 3.8) is 0 Å². The lowest BCUT2D eigenvalue weighted by Crippen LogP contribution is -2.59. The molecule has 2 fully saturated rings. The maximum absolute atomic E-state index is 5.51. The fourth-order valence-electron chi connectivity index (χ4n) is 3.23. The first-order valence-electron chi connectivity index (χ1n) is 7.64. The van der Waals surface area contributed by atoms with Crippen LogP contribution in [0.5, 0.6) is 0 Å². The van der Waals surface area contributed by atoms with E-state index in [4.69, 9.17) is 12.2 Å². The molecule has 1 saturated heterocycles. The van der Waals surface area contributed by atoms with E-state index < -0.39 is 0 Å². The second-order valence-electron chi connectivity index (χ2n) is 5.86. The van der Waals surface area contributed by atoms with Gasteiger partial charge in [0.1, 0.15) is 0 Å². The molecule has 1 aliphatic heterocycles. The van der Waals surface area contributed by atoms with E-state index in [9.17, 15) is 0 Å². The van der Waals surface area contributed by atoms with Crippen LogP contribution in [-0.2, 0) is 6.54 Å². The maximum atomic E-state index is 5.51. The Hall–Kier alpha value is -1.13. The first kappa shape index (κ1) is 13.8. The molecule has 0 aromatic heterocycles. The molecule has 20 heavy (non-hydrogen) atoms. The van der Waals surface area contributed by atoms with Crippen LogP contribution < -0.4 is 5.32 Å². The Morgan fingerprint density at radius 2 is 1.85 bits per heavy atom. The maximum Gasteiger partial charge on any atom is 0.171 e. The van der Waals surface area contributed by atoms with Crippen molar-refractivity contribution in [1.82, 2.24) is 15.1 Å². The molecule has 0 spiro atoms. The highest BCUT2D eigenvalue weighted by Gasteiger charge is 2.28. The molecule has 0 radical (unpaired) electrons. The second-order valence-corrected chi connectivity index (χ2v) is 6.24. The van der Waals surface area contributed by atoms with Gasteiger partial charge in [-0.15, -0.1) is 0 Å². The summed E-state index contributed by atoms with van der Waals surface area (Å²) in [7, 11) is 0. The molecule has 3 nitrogen and oxygen atoms in total. The first-order chi connectivity index (χ1) is 9.83. The Kier molecular flexibility index (Phi) is 4.53. The highest BCUT2D eigenvalue weighted by molar-refractivity contribution is 7.80. The molecule has 108 valence electrons. The second kappa shape index (κ2) is 6.55. The van der Waals surface area contributed by atoms with Crippen molar-refractivity contribution in [2.45, 2.75) is 44.7 Å². The van der Waals surface area contributed by atoms with Crippen LogP contribution in [0.4, 0.5) is 0 Å². The van der Waals surface area contributed by atoms with Gasteiger partial charge in [0.2, 0.25) is 0 Å². The topological polar surface area (TPSA) is 18.5 Å². The van der Waals surface area contributed by atoms with Gasteiger partial charge in [-0.25, -0.2) is 0 Å². The number of nitrogens with one attached hydrogen (secondary N) is 1. The van der Waals surface area contributed by atoms with E-state index in [1.165, 1.54) is 37.7 Å². The molecule has 1 aromatic rings. The summed E-state index contributed by atoms with van der Waals surface area (Å²) in [6.07, 6.45) is 6.67. The molecule has 1 aliphatic carbocycles. The average Bonchev–Trinajstić information content (AvgIpc) is 2.51. The van der Waals surface area contributed by atoms with E-state index in [0.29, 0.717) is 6.04 Å². The van der Waals surface area contributed by atoms with Crippen LogP contribution in [0.1, 0.15) is 37.7 Å². The predicted octanol–water partition coefficient (Wildman–Crippen LogP) is 2.93. The largest absolute Gasteiger partial charge is 0.350 e. The van der Waals surface area contributed by atoms with E-state index in [1.54, 1.807) is 0 Å². The summed E-state index contributed by atoms with van der Waals surface area (Å²) in [6, 6.07) is 11.3. The molecule has 2 aliphatic rings. The molecular weight excluding hydrogens is 266 g/mol. The van der Waals surface area contributed by atoms with Gasteiger partial charge in [-0.05, 0) is 30.6 Å². The Morgan fingerprint density at radius 1 is 1.10 bits per heavy atom. The lowest BCUT2D eigenvalue weighted by Gasteiger charge is -2.43. The summed E-state index contributed by atoms with van der Waals surface area (Å²) in [5.74, 6) is 0. The summed E-state index contributed by atoms with van der Waals surface area (Å²) in [5.41, 5.74) is 1.37. The van der Waals surface area contributed by atoms with Gasteiger partial charge in [-0.1, -0.05) is 49.6 Å². The van der Waals surface area contributed by atoms with Crippen molar-refractivity contribution >= 4 is 17.3 Å². The van der Waals surface area contributed by atoms with Gasteiger partial charge in [0, 0.05) is 12.6 Å². The minimum Gasteiger partial charge on any atom is -0.350 e. The quantitative estimate of drug-likeness (QED) is 0.862. The van der Waals surface area contributed by atoms with Crippen LogP contribution in [0, 0.1) is 0 Å². The predicted molar refractivity (Wildman–Crippen MR) is 86.2 cm³/mol. The van der Waals surface area contributed by atoms with Crippen molar-refractivity contribution in [3.8, 4) is 0 Å². The number of hydrogen-bond donors (Lipinski definition) is 1. The van der Waals surface area contributed by atoms with Crippen molar-refractivity contribution in [1.29, 1.82) is 0 Å². The third-order valence-corrected chi connectivity index (χ3v) is 4.71. The van der Waals surface area contributed by atoms with Gasteiger partial charge in [-0.3, -0.25) is 4.90 Å². The van der Waals surface area contributed by atoms with Gasteiger partial charge in [-0.2, -0.15) is 0 Å². The summed E-state index contributed by atoms with van der Waals surface area (Å²) >= 11 is 5.51. The number of nitrogens with zero attached hydrogens (tertiary/aromatic N) is 2. The molecule has 1 saturated carbocycles. The van der Waals surface area contributed by atoms with Crippen LogP contribution >= 0.6 is 12.2 Å². The van der Waals surface area contributed by atoms with E-state index in [-0.39, 0.29) is 0 Å². The van der Waals surface area contributed by atoms with Gasteiger partial charge < -0.3 is 10.2 Å². The minimum atomic E-state index is 0.641. The van der Waals surface area contributed by atoms with E-state index >= 15 is 0 Å². The first-order valence-corrected chi connectivity index (χ1v) is 8.04. The van der Waals surface area contributed by atoms with E-state index in [2.05, 4.69) is 45.4 Å². The van der Waals surface area contributed by atoms with Crippen molar-refractivity contribution in [2.75, 3.05) is 13.3 Å². The average molecular weight is 289 g/mol. The summed E-state index contributed by atoms with van der Waals surface area (Å²) in [6.45, 7) is 2.81. The third-order valence-electron chi connectivity index (χ3n) is 4.33. The lowest BCUT2D eigenvalue weighted by atomic mass is 9.94. The Labute approximate surface area is 126 Å². The van der Waals surface area contributed by atoms with Crippen molar-refractivity contribution < 1.29 is 0 Å². The SMILES string of the molecule is S=C1NCN(Cc2ccccc2)CN1C1CCCCC1. The van der Waals surface area contributed by atoms with Gasteiger partial charge in [0.15, 0.2) is 5.11 Å². The van der Waals surface area contributed by atoms with Crippen LogP contribution in [0.2, 0.25) is 0 Å². The highest BCUT2D eigenvalue weighted by Crippen LogP contribution is 2.24. The Balaban J connectivity index is 1.62. The van der Waals surface area contributed by atoms with Crippen LogP contribution in [0.25, 0.3) is 0 Å². The summed E-state index contributed by atoms with van der Waals surface area (Å²) in [5, 5.41) is 4.33. The molecule has 0 atom stereocenters. The Morgan fingerprint density at radius 3 is 2.60 bits per heavy atom. The molecule has 3 rings (SSSR count). The lowest BCUT2D eigenvalue weighted by molar-refractivity contribution is 0.102. The van der Waals surface area contributed by atoms with E-state index in [0.717, 1.165) is 25.0 Å². The number of rotatable bonds is 3. The van der Waals surface area contributed by atoms with Crippen LogP contribution in [0.15, 0.2) is 30.3 Å². The molecule has 0 bridgehead atoms. The van der Waals surface area contributed by atoms with Crippen molar-refractivity contribution in [3.05, 3.63) is 35.9 Å². The van der Waals surface area contributed by atoms with Gasteiger partial charge in [0.25, 0.3) is 0 Å². The molecule has 1 heterocycles. The fraction of sp³-hybridized carbons (Fsp3) is 0.562. The van der Waals surface area contributed by atoms with Crippen molar-refractivity contribution in [2.24, 2.45) is 0 Å². The summed E-state index contributed by atoms with van der Waals surface area (Å²) < 4.78 is 0. The number of hydrogen-bond acceptors (Lipinski definition) is 2. The number of benzene rings is 1. The number of thiocarbonyl (C=S) groups is 1. The third kappa shape index (κ3) is 3.30. The van der Waals surface area contributed by atoms with Gasteiger partial charge in [0.05, 0.1) is 13.3 Å². The molecule has 0 unspecified atom stereocenters. The minimum absolute atomic E-state index is 0.641. The molecule has 0 amide bonds.